The number of carbonyl (C=O) groups excluding carboxylic acids is 2. The molecular weight excluding hydrogens is 174 g/mol. The summed E-state index contributed by atoms with van der Waals surface area (Å²) in [6.45, 7) is 0.410. The maximum Gasteiger partial charge on any atom is 0.311 e. The van der Waals surface area contributed by atoms with Gasteiger partial charge in [-0.3, -0.25) is 9.59 Å². The number of ether oxygens (including phenoxy) is 1. The summed E-state index contributed by atoms with van der Waals surface area (Å²) in [7, 11) is 1.25. The fraction of sp³-hybridized carbons (Fsp3) is 0.750. The van der Waals surface area contributed by atoms with Crippen LogP contribution in [0.25, 0.3) is 0 Å². The van der Waals surface area contributed by atoms with E-state index in [-0.39, 0.29) is 12.3 Å². The summed E-state index contributed by atoms with van der Waals surface area (Å²) in [6, 6.07) is 0. The van der Waals surface area contributed by atoms with Crippen LogP contribution in [0, 0.1) is 5.92 Å². The van der Waals surface area contributed by atoms with Crippen molar-refractivity contribution in [2.75, 3.05) is 13.7 Å². The SMILES string of the molecule is COC(=O)C1CC(=O)NCCC1O. The summed E-state index contributed by atoms with van der Waals surface area (Å²) in [5, 5.41) is 12.1. The van der Waals surface area contributed by atoms with Crippen molar-refractivity contribution >= 4 is 11.9 Å². The largest absolute Gasteiger partial charge is 0.469 e. The molecule has 1 heterocycles. The molecule has 2 atom stereocenters. The monoisotopic (exact) mass is 187 g/mol. The van der Waals surface area contributed by atoms with Gasteiger partial charge in [0.1, 0.15) is 0 Å². The highest BCUT2D eigenvalue weighted by Crippen LogP contribution is 2.16. The molecule has 0 aromatic heterocycles. The van der Waals surface area contributed by atoms with Crippen molar-refractivity contribution in [3.05, 3.63) is 0 Å². The number of hydrogen-bond donors (Lipinski definition) is 2. The molecule has 1 fully saturated rings. The van der Waals surface area contributed by atoms with Gasteiger partial charge in [0.05, 0.1) is 19.1 Å². The van der Waals surface area contributed by atoms with E-state index in [0.717, 1.165) is 0 Å². The molecule has 0 aliphatic carbocycles. The second kappa shape index (κ2) is 4.23. The van der Waals surface area contributed by atoms with Crippen molar-refractivity contribution in [3.8, 4) is 0 Å². The Morgan fingerprint density at radius 1 is 1.69 bits per heavy atom. The Kier molecular flexibility index (Phi) is 3.25. The lowest BCUT2D eigenvalue weighted by molar-refractivity contribution is -0.151. The normalized spacial score (nSPS) is 28.9. The Labute approximate surface area is 76.1 Å². The highest BCUT2D eigenvalue weighted by atomic mass is 16.5. The molecule has 1 rings (SSSR count). The van der Waals surface area contributed by atoms with E-state index in [0.29, 0.717) is 13.0 Å². The maximum atomic E-state index is 11.1. The maximum absolute atomic E-state index is 11.1. The molecule has 0 bridgehead atoms. The fourth-order valence-electron chi connectivity index (χ4n) is 1.36. The number of aliphatic hydroxyl groups is 1. The third-order valence-corrected chi connectivity index (χ3v) is 2.14. The van der Waals surface area contributed by atoms with Crippen molar-refractivity contribution in [3.63, 3.8) is 0 Å². The molecule has 5 heteroatoms. The Balaban J connectivity index is 2.67. The number of hydrogen-bond acceptors (Lipinski definition) is 4. The van der Waals surface area contributed by atoms with Gasteiger partial charge in [-0.15, -0.1) is 0 Å². The van der Waals surface area contributed by atoms with Crippen LogP contribution in [0.3, 0.4) is 0 Å². The van der Waals surface area contributed by atoms with Crippen LogP contribution in [0.2, 0.25) is 0 Å². The molecule has 0 saturated carbocycles. The van der Waals surface area contributed by atoms with Crippen molar-refractivity contribution in [2.45, 2.75) is 18.9 Å². The number of nitrogens with one attached hydrogen (secondary N) is 1. The molecule has 0 aromatic rings. The summed E-state index contributed by atoms with van der Waals surface area (Å²) in [4.78, 5) is 22.1. The van der Waals surface area contributed by atoms with Crippen LogP contribution in [-0.4, -0.2) is 36.7 Å². The van der Waals surface area contributed by atoms with Crippen LogP contribution < -0.4 is 5.32 Å². The first kappa shape index (κ1) is 9.98. The zero-order valence-corrected chi connectivity index (χ0v) is 7.45. The number of rotatable bonds is 1. The summed E-state index contributed by atoms with van der Waals surface area (Å²) in [5.41, 5.74) is 0. The van der Waals surface area contributed by atoms with Crippen molar-refractivity contribution < 1.29 is 19.4 Å². The van der Waals surface area contributed by atoms with E-state index >= 15 is 0 Å². The van der Waals surface area contributed by atoms with E-state index in [1.807, 2.05) is 0 Å². The third kappa shape index (κ3) is 2.42. The minimum atomic E-state index is -0.786. The van der Waals surface area contributed by atoms with Gasteiger partial charge in [-0.1, -0.05) is 0 Å². The van der Waals surface area contributed by atoms with E-state index in [4.69, 9.17) is 0 Å². The summed E-state index contributed by atoms with van der Waals surface area (Å²) >= 11 is 0. The van der Waals surface area contributed by atoms with E-state index in [9.17, 15) is 14.7 Å². The van der Waals surface area contributed by atoms with E-state index in [1.54, 1.807) is 0 Å². The van der Waals surface area contributed by atoms with Crippen molar-refractivity contribution in [1.29, 1.82) is 0 Å². The van der Waals surface area contributed by atoms with Gasteiger partial charge < -0.3 is 15.2 Å². The fourth-order valence-corrected chi connectivity index (χ4v) is 1.36. The Morgan fingerprint density at radius 3 is 3.00 bits per heavy atom. The molecule has 1 aliphatic rings. The highest BCUT2D eigenvalue weighted by Gasteiger charge is 2.31. The van der Waals surface area contributed by atoms with Crippen molar-refractivity contribution in [1.82, 2.24) is 5.32 Å². The molecule has 1 amide bonds. The van der Waals surface area contributed by atoms with E-state index in [2.05, 4.69) is 10.1 Å². The van der Waals surface area contributed by atoms with Gasteiger partial charge in [0.2, 0.25) is 5.91 Å². The quantitative estimate of drug-likeness (QED) is 0.519. The molecular formula is C8H13NO4. The first-order chi connectivity index (χ1) is 6.15. The molecule has 2 N–H and O–H groups in total. The average Bonchev–Trinajstić information content (AvgIpc) is 2.27. The lowest BCUT2D eigenvalue weighted by Gasteiger charge is -2.15. The van der Waals surface area contributed by atoms with Gasteiger partial charge in [-0.2, -0.15) is 0 Å². The van der Waals surface area contributed by atoms with Crippen LogP contribution in [-0.2, 0) is 14.3 Å². The first-order valence-corrected chi connectivity index (χ1v) is 4.17. The van der Waals surface area contributed by atoms with E-state index in [1.165, 1.54) is 7.11 Å². The molecule has 0 radical (unpaired) electrons. The molecule has 5 nitrogen and oxygen atoms in total. The zero-order chi connectivity index (χ0) is 9.84. The standard InChI is InChI=1S/C8H13NO4/c1-13-8(12)5-4-7(11)9-3-2-6(5)10/h5-6,10H,2-4H2,1H3,(H,9,11). The summed E-state index contributed by atoms with van der Waals surface area (Å²) < 4.78 is 4.49. The number of esters is 1. The average molecular weight is 187 g/mol. The Hall–Kier alpha value is -1.10. The molecule has 1 saturated heterocycles. The molecule has 0 spiro atoms. The van der Waals surface area contributed by atoms with Gasteiger partial charge in [-0.25, -0.2) is 0 Å². The minimum absolute atomic E-state index is 0.00778. The van der Waals surface area contributed by atoms with Crippen LogP contribution in [0.4, 0.5) is 0 Å². The van der Waals surface area contributed by atoms with Crippen molar-refractivity contribution in [2.24, 2.45) is 5.92 Å². The van der Waals surface area contributed by atoms with Crippen LogP contribution in [0.5, 0.6) is 0 Å². The van der Waals surface area contributed by atoms with Gasteiger partial charge in [0, 0.05) is 13.0 Å². The van der Waals surface area contributed by atoms with Crippen LogP contribution >= 0.6 is 0 Å². The predicted octanol–water partition coefficient (Wildman–Crippen LogP) is -0.953. The lowest BCUT2D eigenvalue weighted by atomic mass is 9.97. The number of methoxy groups -OCH3 is 1. The molecule has 1 aliphatic heterocycles. The highest BCUT2D eigenvalue weighted by molar-refractivity contribution is 5.83. The van der Waals surface area contributed by atoms with Crippen LogP contribution in [0.15, 0.2) is 0 Å². The Bertz CT molecular complexity index is 216. The third-order valence-electron chi connectivity index (χ3n) is 2.14. The van der Waals surface area contributed by atoms with Gasteiger partial charge in [-0.05, 0) is 6.42 Å². The molecule has 2 unspecified atom stereocenters. The lowest BCUT2D eigenvalue weighted by Crippen LogP contribution is -2.30. The molecule has 0 aromatic carbocycles. The van der Waals surface area contributed by atoms with Crippen LogP contribution in [0.1, 0.15) is 12.8 Å². The molecule has 13 heavy (non-hydrogen) atoms. The Morgan fingerprint density at radius 2 is 2.38 bits per heavy atom. The van der Waals surface area contributed by atoms with Gasteiger partial charge in [0.15, 0.2) is 0 Å². The number of aliphatic hydroxyl groups excluding tert-OH is 1. The first-order valence-electron chi connectivity index (χ1n) is 4.17. The number of carbonyl (C=O) groups is 2. The second-order valence-corrected chi connectivity index (χ2v) is 3.04. The van der Waals surface area contributed by atoms with Gasteiger partial charge in [0.25, 0.3) is 0 Å². The molecule has 74 valence electrons. The van der Waals surface area contributed by atoms with E-state index < -0.39 is 18.0 Å². The summed E-state index contributed by atoms with van der Waals surface area (Å²) in [5.74, 6) is -1.45. The topological polar surface area (TPSA) is 75.6 Å². The number of amides is 1. The predicted molar refractivity (Wildman–Crippen MR) is 43.8 cm³/mol. The van der Waals surface area contributed by atoms with Gasteiger partial charge >= 0.3 is 5.97 Å². The zero-order valence-electron chi connectivity index (χ0n) is 7.45. The second-order valence-electron chi connectivity index (χ2n) is 3.04. The smallest absolute Gasteiger partial charge is 0.311 e. The summed E-state index contributed by atoms with van der Waals surface area (Å²) in [6.07, 6.45) is -0.384. The minimum Gasteiger partial charge on any atom is -0.469 e.